The van der Waals surface area contributed by atoms with Gasteiger partial charge in [0.25, 0.3) is 0 Å². The van der Waals surface area contributed by atoms with Crippen molar-refractivity contribution in [2.45, 2.75) is 13.3 Å². The van der Waals surface area contributed by atoms with E-state index in [2.05, 4.69) is 57.4 Å². The van der Waals surface area contributed by atoms with Gasteiger partial charge in [0.15, 0.2) is 11.5 Å². The molecule has 0 unspecified atom stereocenters. The molecule has 0 aliphatic heterocycles. The molecular weight excluding hydrogens is 410 g/mol. The Kier molecular flexibility index (Phi) is 4.57. The quantitative estimate of drug-likeness (QED) is 0.501. The van der Waals surface area contributed by atoms with E-state index in [1.807, 2.05) is 29.6 Å². The van der Waals surface area contributed by atoms with Gasteiger partial charge >= 0.3 is 0 Å². The van der Waals surface area contributed by atoms with Gasteiger partial charge in [0.2, 0.25) is 0 Å². The summed E-state index contributed by atoms with van der Waals surface area (Å²) in [5, 5.41) is 11.2. The number of rotatable bonds is 4. The number of benzene rings is 2. The second kappa shape index (κ2) is 7.01. The number of para-hydroxylation sites is 1. The lowest BCUT2D eigenvalue weighted by molar-refractivity contribution is 0.807. The van der Waals surface area contributed by atoms with Crippen LogP contribution in [0.15, 0.2) is 58.4 Å². The van der Waals surface area contributed by atoms with Crippen molar-refractivity contribution in [3.63, 3.8) is 0 Å². The van der Waals surface area contributed by atoms with Crippen LogP contribution in [0.1, 0.15) is 12.5 Å². The monoisotopic (exact) mass is 425 g/mol. The molecule has 4 aromatic rings. The molecule has 0 fully saturated rings. The maximum absolute atomic E-state index is 6.31. The standard InChI is InChI=1S/C19H16BrN5S/c1-2-12-7-9-13(10-8-12)15-11-26-19(22-15)17-18(21)25(24-23-17)16-6-4-3-5-14(16)20/h3-11H,2,21H2,1H3. The summed E-state index contributed by atoms with van der Waals surface area (Å²) in [5.74, 6) is 0.471. The molecular formula is C19H16BrN5S. The lowest BCUT2D eigenvalue weighted by Crippen LogP contribution is -2.03. The highest BCUT2D eigenvalue weighted by Crippen LogP contribution is 2.32. The summed E-state index contributed by atoms with van der Waals surface area (Å²) >= 11 is 5.04. The minimum Gasteiger partial charge on any atom is -0.382 e. The fourth-order valence-corrected chi connectivity index (χ4v) is 3.94. The number of aryl methyl sites for hydroxylation is 1. The first-order valence-electron chi connectivity index (χ1n) is 8.18. The molecule has 0 aliphatic carbocycles. The number of aromatic nitrogens is 4. The zero-order chi connectivity index (χ0) is 18.1. The van der Waals surface area contributed by atoms with Crippen LogP contribution in [0.5, 0.6) is 0 Å². The van der Waals surface area contributed by atoms with E-state index in [-0.39, 0.29) is 0 Å². The Morgan fingerprint density at radius 2 is 1.88 bits per heavy atom. The second-order valence-electron chi connectivity index (χ2n) is 5.77. The highest BCUT2D eigenvalue weighted by atomic mass is 79.9. The molecule has 0 atom stereocenters. The fourth-order valence-electron chi connectivity index (χ4n) is 2.67. The first-order valence-corrected chi connectivity index (χ1v) is 9.86. The van der Waals surface area contributed by atoms with Crippen molar-refractivity contribution in [3.8, 4) is 27.6 Å². The zero-order valence-corrected chi connectivity index (χ0v) is 16.5. The fraction of sp³-hybridized carbons (Fsp3) is 0.105. The average molecular weight is 426 g/mol. The predicted molar refractivity (Wildman–Crippen MR) is 109 cm³/mol. The number of halogens is 1. The molecule has 130 valence electrons. The van der Waals surface area contributed by atoms with Gasteiger partial charge in [-0.2, -0.15) is 4.68 Å². The van der Waals surface area contributed by atoms with Crippen LogP contribution in [0.25, 0.3) is 27.6 Å². The van der Waals surface area contributed by atoms with Crippen molar-refractivity contribution >= 4 is 33.1 Å². The van der Waals surface area contributed by atoms with Crippen molar-refractivity contribution in [1.29, 1.82) is 0 Å². The molecule has 0 aliphatic rings. The second-order valence-corrected chi connectivity index (χ2v) is 7.49. The minimum absolute atomic E-state index is 0.471. The first kappa shape index (κ1) is 16.9. The molecule has 0 spiro atoms. The molecule has 2 N–H and O–H groups in total. The summed E-state index contributed by atoms with van der Waals surface area (Å²) in [6, 6.07) is 16.2. The van der Waals surface area contributed by atoms with Crippen LogP contribution in [-0.4, -0.2) is 20.0 Å². The third-order valence-corrected chi connectivity index (χ3v) is 5.67. The van der Waals surface area contributed by atoms with Crippen LogP contribution in [0.2, 0.25) is 0 Å². The Morgan fingerprint density at radius 1 is 1.12 bits per heavy atom. The van der Waals surface area contributed by atoms with E-state index in [1.54, 1.807) is 4.68 Å². The molecule has 4 rings (SSSR count). The van der Waals surface area contributed by atoms with Crippen LogP contribution in [0.4, 0.5) is 5.82 Å². The zero-order valence-electron chi connectivity index (χ0n) is 14.1. The highest BCUT2D eigenvalue weighted by Gasteiger charge is 2.17. The van der Waals surface area contributed by atoms with E-state index >= 15 is 0 Å². The largest absolute Gasteiger partial charge is 0.382 e. The number of nitrogens with two attached hydrogens (primary N) is 1. The van der Waals surface area contributed by atoms with E-state index in [4.69, 9.17) is 10.7 Å². The molecule has 0 saturated carbocycles. The Labute approximate surface area is 163 Å². The topological polar surface area (TPSA) is 69.6 Å². The molecule has 7 heteroatoms. The van der Waals surface area contributed by atoms with Gasteiger partial charge in [0.1, 0.15) is 5.01 Å². The smallest absolute Gasteiger partial charge is 0.165 e. The number of nitrogen functional groups attached to an aromatic ring is 1. The number of thiazole rings is 1. The van der Waals surface area contributed by atoms with Gasteiger partial charge < -0.3 is 5.73 Å². The number of anilines is 1. The molecule has 0 amide bonds. The first-order chi connectivity index (χ1) is 12.7. The van der Waals surface area contributed by atoms with Crippen LogP contribution in [0.3, 0.4) is 0 Å². The number of hydrogen-bond donors (Lipinski definition) is 1. The van der Waals surface area contributed by atoms with Gasteiger partial charge in [-0.15, -0.1) is 16.4 Å². The van der Waals surface area contributed by atoms with Crippen molar-refractivity contribution in [2.75, 3.05) is 5.73 Å². The molecule has 0 bridgehead atoms. The van der Waals surface area contributed by atoms with Crippen molar-refractivity contribution in [3.05, 3.63) is 63.9 Å². The van der Waals surface area contributed by atoms with Gasteiger partial charge in [0, 0.05) is 15.4 Å². The van der Waals surface area contributed by atoms with E-state index in [1.165, 1.54) is 16.9 Å². The summed E-state index contributed by atoms with van der Waals surface area (Å²) in [7, 11) is 0. The Balaban J connectivity index is 1.69. The molecule has 2 aromatic heterocycles. The van der Waals surface area contributed by atoms with Gasteiger partial charge in [0.05, 0.1) is 11.4 Å². The van der Waals surface area contributed by atoms with Crippen molar-refractivity contribution in [2.24, 2.45) is 0 Å². The van der Waals surface area contributed by atoms with Crippen LogP contribution in [0, 0.1) is 0 Å². The third-order valence-electron chi connectivity index (χ3n) is 4.15. The van der Waals surface area contributed by atoms with Gasteiger partial charge in [-0.05, 0) is 40.0 Å². The summed E-state index contributed by atoms with van der Waals surface area (Å²) < 4.78 is 2.52. The van der Waals surface area contributed by atoms with Crippen LogP contribution >= 0.6 is 27.3 Å². The molecule has 0 saturated heterocycles. The predicted octanol–water partition coefficient (Wildman–Crippen LogP) is 4.96. The molecule has 2 aromatic carbocycles. The lowest BCUT2D eigenvalue weighted by Gasteiger charge is -2.04. The molecule has 2 heterocycles. The van der Waals surface area contributed by atoms with E-state index in [9.17, 15) is 0 Å². The molecule has 5 nitrogen and oxygen atoms in total. The SMILES string of the molecule is CCc1ccc(-c2csc(-c3nnn(-c4ccccc4Br)c3N)n2)cc1. The maximum Gasteiger partial charge on any atom is 0.165 e. The van der Waals surface area contributed by atoms with E-state index in [0.29, 0.717) is 11.5 Å². The maximum atomic E-state index is 6.31. The normalized spacial score (nSPS) is 11.0. The van der Waals surface area contributed by atoms with Crippen LogP contribution in [-0.2, 0) is 6.42 Å². The molecule has 0 radical (unpaired) electrons. The highest BCUT2D eigenvalue weighted by molar-refractivity contribution is 9.10. The Bertz CT molecular complexity index is 1050. The summed E-state index contributed by atoms with van der Waals surface area (Å²) in [5.41, 5.74) is 11.1. The van der Waals surface area contributed by atoms with Gasteiger partial charge in [-0.25, -0.2) is 4.98 Å². The Morgan fingerprint density at radius 3 is 2.62 bits per heavy atom. The number of nitrogens with zero attached hydrogens (tertiary/aromatic N) is 4. The summed E-state index contributed by atoms with van der Waals surface area (Å²) in [4.78, 5) is 4.71. The van der Waals surface area contributed by atoms with Crippen molar-refractivity contribution in [1.82, 2.24) is 20.0 Å². The average Bonchev–Trinajstić information content (AvgIpc) is 3.29. The summed E-state index contributed by atoms with van der Waals surface area (Å²) in [6.45, 7) is 2.15. The summed E-state index contributed by atoms with van der Waals surface area (Å²) in [6.07, 6.45) is 1.03. The van der Waals surface area contributed by atoms with Crippen LogP contribution < -0.4 is 5.73 Å². The van der Waals surface area contributed by atoms with Gasteiger partial charge in [-0.1, -0.05) is 48.5 Å². The van der Waals surface area contributed by atoms with Gasteiger partial charge in [-0.3, -0.25) is 0 Å². The minimum atomic E-state index is 0.471. The number of hydrogen-bond acceptors (Lipinski definition) is 5. The third kappa shape index (κ3) is 3.04. The lowest BCUT2D eigenvalue weighted by atomic mass is 10.1. The molecule has 26 heavy (non-hydrogen) atoms. The van der Waals surface area contributed by atoms with E-state index in [0.717, 1.165) is 32.8 Å². The van der Waals surface area contributed by atoms with E-state index < -0.39 is 0 Å². The van der Waals surface area contributed by atoms with Crippen molar-refractivity contribution < 1.29 is 0 Å². The Hall–Kier alpha value is -2.51.